The quantitative estimate of drug-likeness (QED) is 0.158. The number of rotatable bonds is 7. The monoisotopic (exact) mass is 661 g/mol. The molecule has 50 heavy (non-hydrogen) atoms. The van der Waals surface area contributed by atoms with Crippen molar-refractivity contribution in [3.8, 4) is 45.4 Å². The number of hydrogen-bond acceptors (Lipinski definition) is 7. The topological polar surface area (TPSA) is 77.6 Å². The number of hydrogen-bond donors (Lipinski definition) is 0. The lowest BCUT2D eigenvalue weighted by Gasteiger charge is -2.11. The zero-order valence-corrected chi connectivity index (χ0v) is 27.5. The zero-order chi connectivity index (χ0) is 33.4. The molecule has 9 rings (SSSR count). The lowest BCUT2D eigenvalue weighted by Crippen LogP contribution is -2.02. The maximum atomic E-state index is 5.75. The molecule has 0 fully saturated rings. The van der Waals surface area contributed by atoms with Crippen molar-refractivity contribution in [2.45, 2.75) is 0 Å². The van der Waals surface area contributed by atoms with Crippen LogP contribution in [0.15, 0.2) is 157 Å². The van der Waals surface area contributed by atoms with E-state index in [-0.39, 0.29) is 0 Å². The lowest BCUT2D eigenvalue weighted by molar-refractivity contribution is 0.615. The highest BCUT2D eigenvalue weighted by Crippen LogP contribution is 2.43. The van der Waals surface area contributed by atoms with Crippen molar-refractivity contribution in [1.82, 2.24) is 24.9 Å². The van der Waals surface area contributed by atoms with Gasteiger partial charge in [-0.05, 0) is 12.1 Å². The highest BCUT2D eigenvalue weighted by Gasteiger charge is 2.21. The molecule has 7 heteroatoms. The van der Waals surface area contributed by atoms with Gasteiger partial charge in [0.2, 0.25) is 0 Å². The fourth-order valence-corrected chi connectivity index (χ4v) is 7.28. The number of benzene rings is 5. The van der Waals surface area contributed by atoms with Crippen molar-refractivity contribution >= 4 is 54.3 Å². The summed E-state index contributed by atoms with van der Waals surface area (Å²) in [4.78, 5) is 26.2. The second kappa shape index (κ2) is 12.5. The summed E-state index contributed by atoms with van der Waals surface area (Å²) in [6.45, 7) is 4.38. The molecule has 4 aromatic heterocycles. The molecule has 0 radical (unpaired) electrons. The van der Waals surface area contributed by atoms with E-state index in [1.54, 1.807) is 17.6 Å². The molecule has 0 aliphatic rings. The first-order chi connectivity index (χ1) is 24.7. The number of aromatic nitrogens is 5. The van der Waals surface area contributed by atoms with E-state index < -0.39 is 0 Å². The summed E-state index contributed by atoms with van der Waals surface area (Å²) in [7, 11) is 0. The molecule has 0 aliphatic carbocycles. The van der Waals surface area contributed by atoms with E-state index in [9.17, 15) is 0 Å². The predicted molar refractivity (Wildman–Crippen MR) is 204 cm³/mol. The SMILES string of the molecule is C=C(/C=C\c1coc2ccccc12)c1nc(-c2ccccc2)nc(-c2cccc3sc4nc(-c5ccccc5)nc(-c5ccccc5)c4c23)n1. The first kappa shape index (κ1) is 29.6. The van der Waals surface area contributed by atoms with Gasteiger partial charge in [-0.2, -0.15) is 0 Å². The lowest BCUT2D eigenvalue weighted by atomic mass is 10.0. The van der Waals surface area contributed by atoms with Crippen LogP contribution in [0.5, 0.6) is 0 Å². The molecule has 0 spiro atoms. The molecule has 0 N–H and O–H groups in total. The summed E-state index contributed by atoms with van der Waals surface area (Å²) < 4.78 is 6.82. The van der Waals surface area contributed by atoms with Crippen LogP contribution in [0.3, 0.4) is 0 Å². The van der Waals surface area contributed by atoms with Crippen LogP contribution in [0, 0.1) is 0 Å². The van der Waals surface area contributed by atoms with Crippen LogP contribution in [0.4, 0.5) is 0 Å². The first-order valence-electron chi connectivity index (χ1n) is 16.2. The predicted octanol–water partition coefficient (Wildman–Crippen LogP) is 11.2. The van der Waals surface area contributed by atoms with E-state index in [1.165, 1.54) is 0 Å². The van der Waals surface area contributed by atoms with Crippen LogP contribution in [-0.4, -0.2) is 24.9 Å². The van der Waals surface area contributed by atoms with Crippen LogP contribution < -0.4 is 0 Å². The van der Waals surface area contributed by atoms with Crippen LogP contribution in [0.2, 0.25) is 0 Å². The Labute approximate surface area is 291 Å². The summed E-state index contributed by atoms with van der Waals surface area (Å²) in [5.74, 6) is 2.29. The average Bonchev–Trinajstić information content (AvgIpc) is 3.79. The number of nitrogens with zero attached hydrogens (tertiary/aromatic N) is 5. The molecule has 9 aromatic rings. The van der Waals surface area contributed by atoms with Crippen molar-refractivity contribution in [1.29, 1.82) is 0 Å². The van der Waals surface area contributed by atoms with Crippen molar-refractivity contribution < 1.29 is 4.42 Å². The van der Waals surface area contributed by atoms with Gasteiger partial charge in [0.25, 0.3) is 0 Å². The Hall–Kier alpha value is -6.57. The maximum absolute atomic E-state index is 5.75. The second-order valence-corrected chi connectivity index (χ2v) is 12.8. The van der Waals surface area contributed by atoms with E-state index in [2.05, 4.69) is 30.8 Å². The zero-order valence-electron chi connectivity index (χ0n) is 26.7. The first-order valence-corrected chi connectivity index (χ1v) is 17.0. The largest absolute Gasteiger partial charge is 0.464 e. The highest BCUT2D eigenvalue weighted by molar-refractivity contribution is 7.25. The maximum Gasteiger partial charge on any atom is 0.164 e. The van der Waals surface area contributed by atoms with Crippen molar-refractivity contribution in [2.75, 3.05) is 0 Å². The summed E-state index contributed by atoms with van der Waals surface area (Å²) in [5, 5.41) is 3.01. The van der Waals surface area contributed by atoms with Gasteiger partial charge >= 0.3 is 0 Å². The highest BCUT2D eigenvalue weighted by atomic mass is 32.1. The van der Waals surface area contributed by atoms with Gasteiger partial charge in [-0.25, -0.2) is 24.9 Å². The summed E-state index contributed by atoms with van der Waals surface area (Å²) >= 11 is 1.65. The Morgan fingerprint density at radius 1 is 0.580 bits per heavy atom. The molecule has 236 valence electrons. The molecule has 0 amide bonds. The number of thiophene rings is 1. The van der Waals surface area contributed by atoms with Gasteiger partial charge in [-0.15, -0.1) is 11.3 Å². The number of para-hydroxylation sites is 1. The van der Waals surface area contributed by atoms with Crippen LogP contribution in [0.1, 0.15) is 11.4 Å². The minimum Gasteiger partial charge on any atom is -0.464 e. The Morgan fingerprint density at radius 3 is 1.96 bits per heavy atom. The fraction of sp³-hybridized carbons (Fsp3) is 0. The Morgan fingerprint density at radius 2 is 1.22 bits per heavy atom. The van der Waals surface area contributed by atoms with E-state index in [4.69, 9.17) is 29.3 Å². The Kier molecular flexibility index (Phi) is 7.37. The van der Waals surface area contributed by atoms with Crippen molar-refractivity contribution in [3.05, 3.63) is 164 Å². The molecule has 0 saturated heterocycles. The van der Waals surface area contributed by atoms with Crippen LogP contribution in [-0.2, 0) is 0 Å². The molecule has 0 saturated carbocycles. The van der Waals surface area contributed by atoms with Gasteiger partial charge in [0, 0.05) is 54.2 Å². The van der Waals surface area contributed by atoms with Gasteiger partial charge < -0.3 is 4.42 Å². The second-order valence-electron chi connectivity index (χ2n) is 11.8. The van der Waals surface area contributed by atoms with Crippen LogP contribution >= 0.6 is 11.3 Å². The smallest absolute Gasteiger partial charge is 0.164 e. The van der Waals surface area contributed by atoms with Gasteiger partial charge in [0.15, 0.2) is 23.3 Å². The third-order valence-corrected chi connectivity index (χ3v) is 9.66. The minimum absolute atomic E-state index is 0.486. The standard InChI is InChI=1S/C43H27N5OS/c1-27(24-25-31-26-49-34-22-12-11-20-32(31)34)39-45-41(30-18-9-4-10-19-30)47-42(46-39)33-21-13-23-35-36(33)37-38(28-14-5-2-6-15-28)44-40(48-43(37)50-35)29-16-7-3-8-17-29/h2-26H,1H2/b25-24-. The molecule has 4 heterocycles. The van der Waals surface area contributed by atoms with Crippen molar-refractivity contribution in [3.63, 3.8) is 0 Å². The fourth-order valence-electron chi connectivity index (χ4n) is 6.17. The van der Waals surface area contributed by atoms with E-state index in [0.717, 1.165) is 64.8 Å². The summed E-state index contributed by atoms with van der Waals surface area (Å²) in [6, 6.07) is 44.6. The van der Waals surface area contributed by atoms with Crippen LogP contribution in [0.25, 0.3) is 88.3 Å². The van der Waals surface area contributed by atoms with Crippen molar-refractivity contribution in [2.24, 2.45) is 0 Å². The molecule has 5 aromatic carbocycles. The van der Waals surface area contributed by atoms with Gasteiger partial charge in [0.05, 0.1) is 12.0 Å². The molecule has 6 nitrogen and oxygen atoms in total. The van der Waals surface area contributed by atoms with Gasteiger partial charge in [-0.3, -0.25) is 0 Å². The molecule has 0 aliphatic heterocycles. The van der Waals surface area contributed by atoms with E-state index >= 15 is 0 Å². The molecule has 0 atom stereocenters. The van der Waals surface area contributed by atoms with E-state index in [0.29, 0.717) is 28.9 Å². The number of fused-ring (bicyclic) bond motifs is 4. The summed E-state index contributed by atoms with van der Waals surface area (Å²) in [5.41, 5.74) is 7.05. The molecular formula is C43H27N5OS. The van der Waals surface area contributed by atoms with Gasteiger partial charge in [-0.1, -0.05) is 140 Å². The molecule has 0 unspecified atom stereocenters. The third kappa shape index (κ3) is 5.36. The average molecular weight is 662 g/mol. The third-order valence-electron chi connectivity index (χ3n) is 8.61. The van der Waals surface area contributed by atoms with Gasteiger partial charge in [0.1, 0.15) is 10.4 Å². The van der Waals surface area contributed by atoms with E-state index in [1.807, 2.05) is 121 Å². The molecular weight excluding hydrogens is 635 g/mol. The normalized spacial score (nSPS) is 11.6. The Bertz CT molecular complexity index is 2720. The summed E-state index contributed by atoms with van der Waals surface area (Å²) in [6.07, 6.45) is 5.67. The minimum atomic E-state index is 0.486. The molecule has 0 bridgehead atoms. The Balaban J connectivity index is 1.25. The number of furan rings is 1. The number of allylic oxidation sites excluding steroid dienone is 2.